The summed E-state index contributed by atoms with van der Waals surface area (Å²) in [5.41, 5.74) is 7.02. The third-order valence-electron chi connectivity index (χ3n) is 4.75. The van der Waals surface area contributed by atoms with Gasteiger partial charge in [0.15, 0.2) is 10.8 Å². The molecule has 0 amide bonds. The third-order valence-corrected chi connectivity index (χ3v) is 5.01. The molecular formula is C13H18ClN5O. The third kappa shape index (κ3) is 1.94. The van der Waals surface area contributed by atoms with Crippen LogP contribution in [-0.2, 0) is 6.54 Å². The van der Waals surface area contributed by atoms with E-state index in [1.807, 2.05) is 4.57 Å². The number of aromatic nitrogens is 4. The van der Waals surface area contributed by atoms with Crippen molar-refractivity contribution in [2.24, 2.45) is 17.3 Å². The number of nitrogen functional groups attached to an aromatic ring is 1. The topological polar surface area (TPSA) is 89.8 Å². The number of nitrogens with two attached hydrogens (primary N) is 1. The van der Waals surface area contributed by atoms with E-state index >= 15 is 0 Å². The molecule has 2 atom stereocenters. The average Bonchev–Trinajstić information content (AvgIpc) is 2.77. The van der Waals surface area contributed by atoms with E-state index in [9.17, 15) is 5.11 Å². The van der Waals surface area contributed by atoms with Gasteiger partial charge in [0.05, 0.1) is 6.33 Å². The maximum atomic E-state index is 9.34. The van der Waals surface area contributed by atoms with Gasteiger partial charge in [-0.1, -0.05) is 25.4 Å². The summed E-state index contributed by atoms with van der Waals surface area (Å²) in [5.74, 6) is 1.00. The second-order valence-electron chi connectivity index (χ2n) is 6.08. The van der Waals surface area contributed by atoms with Crippen LogP contribution in [0.25, 0.3) is 11.2 Å². The van der Waals surface area contributed by atoms with Crippen LogP contribution in [0.2, 0.25) is 5.15 Å². The van der Waals surface area contributed by atoms with Gasteiger partial charge in [0, 0.05) is 13.2 Å². The van der Waals surface area contributed by atoms with Crippen LogP contribution in [0.15, 0.2) is 6.33 Å². The molecule has 1 saturated carbocycles. The summed E-state index contributed by atoms with van der Waals surface area (Å²) in [7, 11) is 0. The first kappa shape index (κ1) is 13.6. The van der Waals surface area contributed by atoms with E-state index < -0.39 is 0 Å². The van der Waals surface area contributed by atoms with Crippen molar-refractivity contribution in [2.75, 3.05) is 12.3 Å². The van der Waals surface area contributed by atoms with Crippen LogP contribution in [0.5, 0.6) is 0 Å². The van der Waals surface area contributed by atoms with Crippen molar-refractivity contribution < 1.29 is 5.11 Å². The zero-order valence-corrected chi connectivity index (χ0v) is 12.3. The highest BCUT2D eigenvalue weighted by Crippen LogP contribution is 2.51. The average molecular weight is 296 g/mol. The highest BCUT2D eigenvalue weighted by Gasteiger charge is 2.47. The van der Waals surface area contributed by atoms with Gasteiger partial charge in [0.1, 0.15) is 5.52 Å². The predicted octanol–water partition coefficient (Wildman–Crippen LogP) is 1.72. The first-order valence-corrected chi connectivity index (χ1v) is 7.06. The van der Waals surface area contributed by atoms with Crippen LogP contribution in [0.4, 0.5) is 5.95 Å². The molecule has 3 rings (SSSR count). The first-order chi connectivity index (χ1) is 9.43. The predicted molar refractivity (Wildman–Crippen MR) is 77.2 cm³/mol. The van der Waals surface area contributed by atoms with Crippen molar-refractivity contribution in [2.45, 2.75) is 26.8 Å². The summed E-state index contributed by atoms with van der Waals surface area (Å²) in [6, 6.07) is 0. The van der Waals surface area contributed by atoms with Crippen LogP contribution >= 0.6 is 11.6 Å². The molecule has 1 fully saturated rings. The number of hydrogen-bond donors (Lipinski definition) is 2. The maximum absolute atomic E-state index is 9.34. The Morgan fingerprint density at radius 3 is 2.85 bits per heavy atom. The highest BCUT2D eigenvalue weighted by atomic mass is 35.5. The molecule has 2 aromatic rings. The fourth-order valence-corrected chi connectivity index (χ4v) is 3.26. The van der Waals surface area contributed by atoms with E-state index in [2.05, 4.69) is 28.8 Å². The summed E-state index contributed by atoms with van der Waals surface area (Å²) in [6.07, 6.45) is 2.74. The monoisotopic (exact) mass is 295 g/mol. The molecule has 2 heterocycles. The van der Waals surface area contributed by atoms with Crippen LogP contribution in [0.1, 0.15) is 20.3 Å². The Kier molecular flexibility index (Phi) is 3.10. The Labute approximate surface area is 122 Å². The lowest BCUT2D eigenvalue weighted by Gasteiger charge is -2.51. The molecule has 0 bridgehead atoms. The Morgan fingerprint density at radius 2 is 2.20 bits per heavy atom. The number of halogens is 1. The lowest BCUT2D eigenvalue weighted by atomic mass is 9.55. The van der Waals surface area contributed by atoms with Gasteiger partial charge in [-0.2, -0.15) is 9.97 Å². The summed E-state index contributed by atoms with van der Waals surface area (Å²) >= 11 is 6.02. The van der Waals surface area contributed by atoms with Crippen molar-refractivity contribution in [3.63, 3.8) is 0 Å². The first-order valence-electron chi connectivity index (χ1n) is 6.68. The molecular weight excluding hydrogens is 278 g/mol. The van der Waals surface area contributed by atoms with Gasteiger partial charge in [0.25, 0.3) is 0 Å². The molecule has 0 unspecified atom stereocenters. The molecule has 7 heteroatoms. The van der Waals surface area contributed by atoms with E-state index in [0.717, 1.165) is 13.0 Å². The lowest BCUT2D eigenvalue weighted by Crippen LogP contribution is -2.48. The van der Waals surface area contributed by atoms with Gasteiger partial charge in [-0.15, -0.1) is 0 Å². The maximum Gasteiger partial charge on any atom is 0.223 e. The molecule has 0 spiro atoms. The second-order valence-corrected chi connectivity index (χ2v) is 6.43. The molecule has 3 N–H and O–H groups in total. The number of anilines is 1. The minimum atomic E-state index is 0.119. The number of rotatable bonds is 3. The molecule has 1 aliphatic carbocycles. The normalized spacial score (nSPS) is 24.8. The van der Waals surface area contributed by atoms with E-state index in [-0.39, 0.29) is 23.1 Å². The Balaban J connectivity index is 1.89. The van der Waals surface area contributed by atoms with Crippen molar-refractivity contribution in [1.29, 1.82) is 0 Å². The fourth-order valence-electron chi connectivity index (χ4n) is 3.04. The van der Waals surface area contributed by atoms with Gasteiger partial charge in [0.2, 0.25) is 5.95 Å². The molecule has 6 nitrogen and oxygen atoms in total. The van der Waals surface area contributed by atoms with E-state index in [1.54, 1.807) is 6.33 Å². The van der Waals surface area contributed by atoms with Gasteiger partial charge in [-0.05, 0) is 23.7 Å². The molecule has 0 aromatic carbocycles. The summed E-state index contributed by atoms with van der Waals surface area (Å²) in [4.78, 5) is 12.4. The van der Waals surface area contributed by atoms with Gasteiger partial charge < -0.3 is 15.4 Å². The van der Waals surface area contributed by atoms with E-state index in [4.69, 9.17) is 17.3 Å². The Morgan fingerprint density at radius 1 is 1.45 bits per heavy atom. The number of aliphatic hydroxyl groups is 1. The number of imidazole rings is 1. The Hall–Kier alpha value is -1.40. The molecule has 0 radical (unpaired) electrons. The van der Waals surface area contributed by atoms with Crippen LogP contribution in [0.3, 0.4) is 0 Å². The van der Waals surface area contributed by atoms with Gasteiger partial charge in [-0.25, -0.2) is 4.98 Å². The van der Waals surface area contributed by atoms with Crippen molar-refractivity contribution >= 4 is 28.7 Å². The minimum Gasteiger partial charge on any atom is -0.396 e. The quantitative estimate of drug-likeness (QED) is 0.842. The molecule has 0 aliphatic heterocycles. The van der Waals surface area contributed by atoms with E-state index in [1.165, 1.54) is 0 Å². The number of hydrogen-bond acceptors (Lipinski definition) is 5. The largest absolute Gasteiger partial charge is 0.396 e. The number of nitrogens with zero attached hydrogens (tertiary/aromatic N) is 4. The zero-order valence-electron chi connectivity index (χ0n) is 11.5. The SMILES string of the molecule is CC1(C)[C@H](CO)C[C@@H]1Cn1cnc2c(Cl)nc(N)nc21. The van der Waals surface area contributed by atoms with Crippen molar-refractivity contribution in [3.05, 3.63) is 11.5 Å². The molecule has 108 valence electrons. The molecule has 1 aliphatic rings. The van der Waals surface area contributed by atoms with Gasteiger partial charge in [-0.3, -0.25) is 0 Å². The van der Waals surface area contributed by atoms with Crippen molar-refractivity contribution in [3.8, 4) is 0 Å². The van der Waals surface area contributed by atoms with Crippen molar-refractivity contribution in [1.82, 2.24) is 19.5 Å². The van der Waals surface area contributed by atoms with Crippen LogP contribution in [0, 0.1) is 17.3 Å². The summed E-state index contributed by atoms with van der Waals surface area (Å²) in [5, 5.41) is 9.62. The number of aliphatic hydroxyl groups excluding tert-OH is 1. The van der Waals surface area contributed by atoms with Crippen LogP contribution in [-0.4, -0.2) is 31.2 Å². The zero-order chi connectivity index (χ0) is 14.5. The second kappa shape index (κ2) is 4.56. The smallest absolute Gasteiger partial charge is 0.223 e. The number of fused-ring (bicyclic) bond motifs is 1. The van der Waals surface area contributed by atoms with Gasteiger partial charge >= 0.3 is 0 Å². The molecule has 20 heavy (non-hydrogen) atoms. The minimum absolute atomic E-state index is 0.119. The van der Waals surface area contributed by atoms with Crippen LogP contribution < -0.4 is 5.73 Å². The fraction of sp³-hybridized carbons (Fsp3) is 0.615. The Bertz CT molecular complexity index is 653. The standard InChI is InChI=1S/C13H18ClN5O/c1-13(2)7(3-8(13)5-20)4-19-6-16-9-10(14)17-12(15)18-11(9)19/h6-8,20H,3-5H2,1-2H3,(H2,15,17,18)/t7-,8+/m1/s1. The molecule has 0 saturated heterocycles. The highest BCUT2D eigenvalue weighted by molar-refractivity contribution is 6.33. The summed E-state index contributed by atoms with van der Waals surface area (Å²) in [6.45, 7) is 5.43. The summed E-state index contributed by atoms with van der Waals surface area (Å²) < 4.78 is 1.97. The van der Waals surface area contributed by atoms with E-state index in [0.29, 0.717) is 23.0 Å². The lowest BCUT2D eigenvalue weighted by molar-refractivity contribution is -0.0591. The molecule has 2 aromatic heterocycles.